The fourth-order valence-corrected chi connectivity index (χ4v) is 4.29. The Bertz CT molecular complexity index is 1080. The standard InChI is InChI=1S/C24H30N6O/c1-17(31)30-13-7-10-22(30)24-26-19(14-23(27-24)28(2)3)16-29(4)15-18-11-12-25-21-9-6-5-8-20(18)21/h5-6,8-9,11-12,14,22H,7,10,13,15-16H2,1-4H3/t22-/m1/s1. The Kier molecular flexibility index (Phi) is 6.13. The smallest absolute Gasteiger partial charge is 0.220 e. The largest absolute Gasteiger partial charge is 0.363 e. The van der Waals surface area contributed by atoms with Crippen LogP contribution in [0, 0.1) is 0 Å². The lowest BCUT2D eigenvalue weighted by Gasteiger charge is -2.24. The van der Waals surface area contributed by atoms with Gasteiger partial charge in [0, 0.05) is 58.3 Å². The Balaban J connectivity index is 1.58. The van der Waals surface area contributed by atoms with Crippen LogP contribution >= 0.6 is 0 Å². The topological polar surface area (TPSA) is 65.5 Å². The summed E-state index contributed by atoms with van der Waals surface area (Å²) in [7, 11) is 6.07. The molecule has 1 fully saturated rings. The molecule has 1 saturated heterocycles. The predicted molar refractivity (Wildman–Crippen MR) is 123 cm³/mol. The molecule has 0 unspecified atom stereocenters. The van der Waals surface area contributed by atoms with Gasteiger partial charge in [-0.3, -0.25) is 14.7 Å². The average Bonchev–Trinajstić information content (AvgIpc) is 3.24. The zero-order valence-electron chi connectivity index (χ0n) is 18.7. The van der Waals surface area contributed by atoms with E-state index in [9.17, 15) is 4.79 Å². The first-order valence-corrected chi connectivity index (χ1v) is 10.8. The molecule has 31 heavy (non-hydrogen) atoms. The second-order valence-corrected chi connectivity index (χ2v) is 8.50. The van der Waals surface area contributed by atoms with Crippen LogP contribution in [0.25, 0.3) is 10.9 Å². The highest BCUT2D eigenvalue weighted by Gasteiger charge is 2.30. The Hall–Kier alpha value is -3.06. The van der Waals surface area contributed by atoms with E-state index in [1.165, 1.54) is 10.9 Å². The number of aromatic nitrogens is 3. The van der Waals surface area contributed by atoms with Gasteiger partial charge in [0.1, 0.15) is 5.82 Å². The first-order valence-electron chi connectivity index (χ1n) is 10.8. The van der Waals surface area contributed by atoms with E-state index in [4.69, 9.17) is 9.97 Å². The predicted octanol–water partition coefficient (Wildman–Crippen LogP) is 3.41. The van der Waals surface area contributed by atoms with Crippen LogP contribution in [0.4, 0.5) is 5.82 Å². The van der Waals surface area contributed by atoms with Crippen LogP contribution < -0.4 is 4.90 Å². The van der Waals surface area contributed by atoms with Gasteiger partial charge >= 0.3 is 0 Å². The van der Waals surface area contributed by atoms with E-state index < -0.39 is 0 Å². The maximum absolute atomic E-state index is 12.1. The number of para-hydroxylation sites is 1. The van der Waals surface area contributed by atoms with Crippen molar-refractivity contribution >= 4 is 22.6 Å². The summed E-state index contributed by atoms with van der Waals surface area (Å²) in [6.07, 6.45) is 3.77. The normalized spacial score (nSPS) is 16.3. The third kappa shape index (κ3) is 4.66. The first kappa shape index (κ1) is 21.2. The van der Waals surface area contributed by atoms with Gasteiger partial charge in [-0.2, -0.15) is 0 Å². The zero-order valence-corrected chi connectivity index (χ0v) is 18.7. The van der Waals surface area contributed by atoms with Crippen molar-refractivity contribution in [3.05, 3.63) is 59.7 Å². The molecule has 1 aromatic carbocycles. The van der Waals surface area contributed by atoms with E-state index in [0.717, 1.165) is 48.8 Å². The molecule has 0 radical (unpaired) electrons. The maximum Gasteiger partial charge on any atom is 0.220 e. The van der Waals surface area contributed by atoms with Crippen molar-refractivity contribution < 1.29 is 4.79 Å². The lowest BCUT2D eigenvalue weighted by atomic mass is 10.1. The second-order valence-electron chi connectivity index (χ2n) is 8.50. The van der Waals surface area contributed by atoms with Crippen LogP contribution in [-0.4, -0.2) is 58.3 Å². The molecule has 7 nitrogen and oxygen atoms in total. The highest BCUT2D eigenvalue weighted by molar-refractivity contribution is 5.81. The summed E-state index contributed by atoms with van der Waals surface area (Å²) in [6.45, 7) is 3.89. The van der Waals surface area contributed by atoms with Gasteiger partial charge in [0.05, 0.1) is 17.3 Å². The van der Waals surface area contributed by atoms with Crippen LogP contribution in [0.2, 0.25) is 0 Å². The molecule has 0 saturated carbocycles. The minimum absolute atomic E-state index is 0.0365. The van der Waals surface area contributed by atoms with E-state index in [0.29, 0.717) is 6.54 Å². The fourth-order valence-electron chi connectivity index (χ4n) is 4.29. The molecule has 0 aliphatic carbocycles. The van der Waals surface area contributed by atoms with E-state index >= 15 is 0 Å². The molecule has 4 rings (SSSR count). The number of nitrogens with zero attached hydrogens (tertiary/aromatic N) is 6. The second kappa shape index (κ2) is 8.98. The molecular weight excluding hydrogens is 388 g/mol. The zero-order chi connectivity index (χ0) is 22.0. The molecule has 1 amide bonds. The highest BCUT2D eigenvalue weighted by Crippen LogP contribution is 2.31. The van der Waals surface area contributed by atoms with Crippen molar-refractivity contribution in [1.29, 1.82) is 0 Å². The van der Waals surface area contributed by atoms with Gasteiger partial charge in [0.2, 0.25) is 5.91 Å². The van der Waals surface area contributed by atoms with Gasteiger partial charge in [-0.05, 0) is 37.6 Å². The fraction of sp³-hybridized carbons (Fsp3) is 0.417. The van der Waals surface area contributed by atoms with E-state index in [1.807, 2.05) is 48.3 Å². The van der Waals surface area contributed by atoms with E-state index in [2.05, 4.69) is 35.1 Å². The van der Waals surface area contributed by atoms with Crippen molar-refractivity contribution in [2.75, 3.05) is 32.6 Å². The number of pyridine rings is 1. The summed E-state index contributed by atoms with van der Waals surface area (Å²) in [4.78, 5) is 32.3. The summed E-state index contributed by atoms with van der Waals surface area (Å²) < 4.78 is 0. The molecule has 2 aromatic heterocycles. The Labute approximate surface area is 183 Å². The Morgan fingerprint density at radius 3 is 2.71 bits per heavy atom. The molecule has 1 aliphatic rings. The summed E-state index contributed by atoms with van der Waals surface area (Å²) >= 11 is 0. The molecule has 3 aromatic rings. The number of hydrogen-bond acceptors (Lipinski definition) is 6. The van der Waals surface area contributed by atoms with Gasteiger partial charge < -0.3 is 9.80 Å². The maximum atomic E-state index is 12.1. The molecule has 1 aliphatic heterocycles. The monoisotopic (exact) mass is 418 g/mol. The molecule has 0 bridgehead atoms. The molecule has 1 atom stereocenters. The lowest BCUT2D eigenvalue weighted by Crippen LogP contribution is -2.30. The van der Waals surface area contributed by atoms with Crippen LogP contribution in [0.5, 0.6) is 0 Å². The Morgan fingerprint density at radius 1 is 1.13 bits per heavy atom. The van der Waals surface area contributed by atoms with E-state index in [1.54, 1.807) is 6.92 Å². The van der Waals surface area contributed by atoms with Gasteiger partial charge in [-0.15, -0.1) is 0 Å². The van der Waals surface area contributed by atoms with Gasteiger partial charge in [-0.25, -0.2) is 9.97 Å². The number of rotatable bonds is 6. The molecule has 7 heteroatoms. The third-order valence-corrected chi connectivity index (χ3v) is 5.81. The number of carbonyl (C=O) groups is 1. The van der Waals surface area contributed by atoms with Gasteiger partial charge in [0.25, 0.3) is 0 Å². The van der Waals surface area contributed by atoms with Crippen LogP contribution in [0.1, 0.15) is 42.9 Å². The summed E-state index contributed by atoms with van der Waals surface area (Å²) in [5, 5.41) is 1.18. The minimum Gasteiger partial charge on any atom is -0.363 e. The van der Waals surface area contributed by atoms with Gasteiger partial charge in [0.15, 0.2) is 5.82 Å². The first-order chi connectivity index (χ1) is 14.9. The third-order valence-electron chi connectivity index (χ3n) is 5.81. The lowest BCUT2D eigenvalue weighted by molar-refractivity contribution is -0.129. The Morgan fingerprint density at radius 2 is 1.94 bits per heavy atom. The molecule has 0 spiro atoms. The molecule has 0 N–H and O–H groups in total. The number of carbonyl (C=O) groups excluding carboxylic acids is 1. The minimum atomic E-state index is -0.0365. The number of fused-ring (bicyclic) bond motifs is 1. The van der Waals surface area contributed by atoms with Crippen LogP contribution in [0.15, 0.2) is 42.6 Å². The molecular formula is C24H30N6O. The van der Waals surface area contributed by atoms with Crippen molar-refractivity contribution in [1.82, 2.24) is 24.8 Å². The van der Waals surface area contributed by atoms with Crippen molar-refractivity contribution in [3.8, 4) is 0 Å². The van der Waals surface area contributed by atoms with Gasteiger partial charge in [-0.1, -0.05) is 18.2 Å². The summed E-state index contributed by atoms with van der Waals surface area (Å²) in [5.41, 5.74) is 3.22. The van der Waals surface area contributed by atoms with Crippen molar-refractivity contribution in [2.45, 2.75) is 38.9 Å². The number of benzene rings is 1. The SMILES string of the molecule is CC(=O)N1CCC[C@@H]1c1nc(CN(C)Cc2ccnc3ccccc23)cc(N(C)C)n1. The quantitative estimate of drug-likeness (QED) is 0.611. The molecule has 162 valence electrons. The summed E-state index contributed by atoms with van der Waals surface area (Å²) in [5.74, 6) is 1.71. The van der Waals surface area contributed by atoms with Crippen LogP contribution in [0.3, 0.4) is 0 Å². The van der Waals surface area contributed by atoms with Crippen molar-refractivity contribution in [2.24, 2.45) is 0 Å². The average molecular weight is 419 g/mol. The highest BCUT2D eigenvalue weighted by atomic mass is 16.2. The van der Waals surface area contributed by atoms with E-state index in [-0.39, 0.29) is 11.9 Å². The number of likely N-dealkylation sites (tertiary alicyclic amines) is 1. The van der Waals surface area contributed by atoms with Crippen molar-refractivity contribution in [3.63, 3.8) is 0 Å². The number of hydrogen-bond donors (Lipinski definition) is 0. The molecule has 3 heterocycles. The number of anilines is 1. The summed E-state index contributed by atoms with van der Waals surface area (Å²) in [6, 6.07) is 12.3. The van der Waals surface area contributed by atoms with Crippen LogP contribution in [-0.2, 0) is 17.9 Å². The number of amides is 1.